The van der Waals surface area contributed by atoms with Crippen molar-refractivity contribution < 1.29 is 17.6 Å². The van der Waals surface area contributed by atoms with Gasteiger partial charge >= 0.3 is 5.76 Å². The maximum atomic E-state index is 13.2. The van der Waals surface area contributed by atoms with Crippen LogP contribution in [0.2, 0.25) is 0 Å². The van der Waals surface area contributed by atoms with E-state index in [1.165, 1.54) is 27.1 Å². The molecule has 8 nitrogen and oxygen atoms in total. The summed E-state index contributed by atoms with van der Waals surface area (Å²) in [7, 11) is -3.71. The monoisotopic (exact) mass is 457 g/mol. The first-order valence-corrected chi connectivity index (χ1v) is 12.1. The lowest BCUT2D eigenvalue weighted by Gasteiger charge is -2.34. The van der Waals surface area contributed by atoms with E-state index in [1.807, 2.05) is 39.0 Å². The molecular weight excluding hydrogens is 430 g/mol. The van der Waals surface area contributed by atoms with Gasteiger partial charge in [0.25, 0.3) is 0 Å². The molecule has 1 saturated heterocycles. The lowest BCUT2D eigenvalue weighted by atomic mass is 9.94. The third kappa shape index (κ3) is 4.35. The number of nitrogens with zero attached hydrogens (tertiary/aromatic N) is 2. The second kappa shape index (κ2) is 8.55. The number of fused-ring (bicyclic) bond motifs is 1. The molecule has 0 saturated carbocycles. The molecule has 3 aromatic rings. The molecule has 2 aromatic carbocycles. The van der Waals surface area contributed by atoms with Crippen LogP contribution >= 0.6 is 0 Å². The fourth-order valence-electron chi connectivity index (χ4n) is 4.35. The Bertz CT molecular complexity index is 1310. The van der Waals surface area contributed by atoms with Gasteiger partial charge in [-0.25, -0.2) is 13.2 Å². The minimum atomic E-state index is -3.71. The number of piperidine rings is 1. The Morgan fingerprint density at radius 3 is 2.50 bits per heavy atom. The van der Waals surface area contributed by atoms with Crippen LogP contribution in [0.1, 0.15) is 25.8 Å². The highest BCUT2D eigenvalue weighted by Gasteiger charge is 2.32. The molecule has 1 amide bonds. The number of aryl methyl sites for hydroxylation is 1. The predicted octanol–water partition coefficient (Wildman–Crippen LogP) is 3.21. The smallest absolute Gasteiger partial charge is 0.408 e. The van der Waals surface area contributed by atoms with Gasteiger partial charge in [0, 0.05) is 24.8 Å². The molecule has 0 aliphatic carbocycles. The van der Waals surface area contributed by atoms with Crippen molar-refractivity contribution in [3.8, 4) is 0 Å². The van der Waals surface area contributed by atoms with Gasteiger partial charge in [-0.15, -0.1) is 0 Å². The SMILES string of the molecule is Cc1ccccc1NC(=O)Cn1c(=O)oc2cc(S(=O)(=O)N3C[C@H](C)C[C@@H](C)C3)ccc21. The zero-order valence-electron chi connectivity index (χ0n) is 18.4. The molecule has 0 radical (unpaired) electrons. The van der Waals surface area contributed by atoms with Crippen molar-refractivity contribution >= 4 is 32.7 Å². The number of sulfonamides is 1. The van der Waals surface area contributed by atoms with E-state index in [-0.39, 0.29) is 34.8 Å². The quantitative estimate of drug-likeness (QED) is 0.634. The zero-order valence-corrected chi connectivity index (χ0v) is 19.2. The van der Waals surface area contributed by atoms with Gasteiger partial charge in [-0.1, -0.05) is 32.0 Å². The number of carbonyl (C=O) groups is 1. The second-order valence-electron chi connectivity index (χ2n) is 8.71. The van der Waals surface area contributed by atoms with E-state index in [1.54, 1.807) is 6.07 Å². The summed E-state index contributed by atoms with van der Waals surface area (Å²) in [5.74, 6) is -0.530. The first-order chi connectivity index (χ1) is 15.1. The minimum Gasteiger partial charge on any atom is -0.408 e. The van der Waals surface area contributed by atoms with E-state index in [4.69, 9.17) is 4.42 Å². The number of benzene rings is 2. The molecule has 9 heteroatoms. The van der Waals surface area contributed by atoms with Gasteiger partial charge in [0.1, 0.15) is 6.54 Å². The van der Waals surface area contributed by atoms with Crippen LogP contribution in [0.25, 0.3) is 11.1 Å². The lowest BCUT2D eigenvalue weighted by molar-refractivity contribution is -0.116. The first-order valence-electron chi connectivity index (χ1n) is 10.6. The van der Waals surface area contributed by atoms with Crippen molar-refractivity contribution in [1.29, 1.82) is 0 Å². The zero-order chi connectivity index (χ0) is 23.0. The number of carbonyl (C=O) groups excluding carboxylic acids is 1. The minimum absolute atomic E-state index is 0.0801. The number of oxazole rings is 1. The van der Waals surface area contributed by atoms with Gasteiger partial charge in [0.15, 0.2) is 5.58 Å². The summed E-state index contributed by atoms with van der Waals surface area (Å²) >= 11 is 0. The van der Waals surface area contributed by atoms with Crippen LogP contribution in [0.4, 0.5) is 5.69 Å². The van der Waals surface area contributed by atoms with E-state index in [0.717, 1.165) is 12.0 Å². The molecule has 2 heterocycles. The molecule has 1 fully saturated rings. The summed E-state index contributed by atoms with van der Waals surface area (Å²) in [6.07, 6.45) is 0.993. The molecule has 1 aromatic heterocycles. The Morgan fingerprint density at radius 2 is 1.81 bits per heavy atom. The standard InChI is InChI=1S/C23H27N3O5S/c1-15-10-16(2)13-25(12-15)32(29,30)18-8-9-20-21(11-18)31-23(28)26(20)14-22(27)24-19-7-5-4-6-17(19)3/h4-9,11,15-16H,10,12-14H2,1-3H3,(H,24,27)/t15-,16-/m1/s1. The summed E-state index contributed by atoms with van der Waals surface area (Å²) in [6.45, 7) is 6.66. The molecule has 0 spiro atoms. The van der Waals surface area contributed by atoms with Crippen LogP contribution in [0.5, 0.6) is 0 Å². The number of hydrogen-bond donors (Lipinski definition) is 1. The van der Waals surface area contributed by atoms with Crippen molar-refractivity contribution in [1.82, 2.24) is 8.87 Å². The molecule has 32 heavy (non-hydrogen) atoms. The number of aromatic nitrogens is 1. The van der Waals surface area contributed by atoms with Gasteiger partial charge < -0.3 is 9.73 Å². The number of para-hydroxylation sites is 1. The average molecular weight is 458 g/mol. The highest BCUT2D eigenvalue weighted by molar-refractivity contribution is 7.89. The summed E-state index contributed by atoms with van der Waals surface area (Å²) in [5.41, 5.74) is 2.07. The number of rotatable bonds is 5. The highest BCUT2D eigenvalue weighted by atomic mass is 32.2. The summed E-state index contributed by atoms with van der Waals surface area (Å²) in [4.78, 5) is 25.0. The molecular formula is C23H27N3O5S. The molecule has 170 valence electrons. The van der Waals surface area contributed by atoms with E-state index in [0.29, 0.717) is 24.3 Å². The Hall–Kier alpha value is -2.91. The van der Waals surface area contributed by atoms with Crippen molar-refractivity contribution in [2.45, 2.75) is 38.6 Å². The largest absolute Gasteiger partial charge is 0.420 e. The second-order valence-corrected chi connectivity index (χ2v) is 10.7. The number of nitrogens with one attached hydrogen (secondary N) is 1. The molecule has 2 atom stereocenters. The molecule has 0 unspecified atom stereocenters. The van der Waals surface area contributed by atoms with E-state index in [9.17, 15) is 18.0 Å². The fourth-order valence-corrected chi connectivity index (χ4v) is 6.05. The lowest BCUT2D eigenvalue weighted by Crippen LogP contribution is -2.42. The van der Waals surface area contributed by atoms with Crippen molar-refractivity contribution in [3.05, 3.63) is 58.6 Å². The first kappa shape index (κ1) is 22.3. The molecule has 1 aliphatic heterocycles. The van der Waals surface area contributed by atoms with Crippen LogP contribution in [0.15, 0.2) is 56.6 Å². The molecule has 1 aliphatic rings. The van der Waals surface area contributed by atoms with Crippen LogP contribution in [-0.2, 0) is 21.4 Å². The van der Waals surface area contributed by atoms with Gasteiger partial charge in [0.2, 0.25) is 15.9 Å². The van der Waals surface area contributed by atoms with Gasteiger partial charge in [-0.3, -0.25) is 9.36 Å². The highest BCUT2D eigenvalue weighted by Crippen LogP contribution is 2.28. The van der Waals surface area contributed by atoms with Crippen LogP contribution in [0, 0.1) is 18.8 Å². The maximum Gasteiger partial charge on any atom is 0.420 e. The third-order valence-corrected chi connectivity index (χ3v) is 7.66. The topological polar surface area (TPSA) is 102 Å². The van der Waals surface area contributed by atoms with Crippen molar-refractivity contribution in [2.24, 2.45) is 11.8 Å². The van der Waals surface area contributed by atoms with Crippen molar-refractivity contribution in [2.75, 3.05) is 18.4 Å². The van der Waals surface area contributed by atoms with Crippen LogP contribution in [0.3, 0.4) is 0 Å². The van der Waals surface area contributed by atoms with Gasteiger partial charge in [-0.2, -0.15) is 4.31 Å². The number of hydrogen-bond acceptors (Lipinski definition) is 5. The van der Waals surface area contributed by atoms with Crippen molar-refractivity contribution in [3.63, 3.8) is 0 Å². The van der Waals surface area contributed by atoms with Crippen LogP contribution < -0.4 is 11.1 Å². The summed E-state index contributed by atoms with van der Waals surface area (Å²) in [5, 5.41) is 2.78. The maximum absolute atomic E-state index is 13.2. The Morgan fingerprint density at radius 1 is 1.12 bits per heavy atom. The summed E-state index contributed by atoms with van der Waals surface area (Å²) < 4.78 is 34.3. The van der Waals surface area contributed by atoms with Gasteiger partial charge in [0.05, 0.1) is 10.4 Å². The Kier molecular flexibility index (Phi) is 5.96. The Labute approximate surface area is 186 Å². The number of amides is 1. The van der Waals surface area contributed by atoms with E-state index >= 15 is 0 Å². The molecule has 4 rings (SSSR count). The third-order valence-electron chi connectivity index (χ3n) is 5.83. The Balaban J connectivity index is 1.60. The fraction of sp³-hybridized carbons (Fsp3) is 0.391. The van der Waals surface area contributed by atoms with Gasteiger partial charge in [-0.05, 0) is 48.9 Å². The van der Waals surface area contributed by atoms with Crippen LogP contribution in [-0.4, -0.2) is 36.3 Å². The number of anilines is 1. The molecule has 0 bridgehead atoms. The average Bonchev–Trinajstić information content (AvgIpc) is 3.03. The summed E-state index contributed by atoms with van der Waals surface area (Å²) in [6, 6.07) is 11.7. The normalized spacial score (nSPS) is 19.8. The van der Waals surface area contributed by atoms with E-state index in [2.05, 4.69) is 5.32 Å². The molecule has 1 N–H and O–H groups in total. The predicted molar refractivity (Wildman–Crippen MR) is 122 cm³/mol. The van der Waals surface area contributed by atoms with E-state index < -0.39 is 15.8 Å².